The number of fused-ring (bicyclic) bond motifs is 1. The average Bonchev–Trinajstić information content (AvgIpc) is 3.03. The summed E-state index contributed by atoms with van der Waals surface area (Å²) in [6.07, 6.45) is 3.37. The van der Waals surface area contributed by atoms with E-state index in [9.17, 15) is 4.79 Å². The highest BCUT2D eigenvalue weighted by Crippen LogP contribution is 2.26. The molecular weight excluding hydrogens is 372 g/mol. The molecule has 1 fully saturated rings. The van der Waals surface area contributed by atoms with Gasteiger partial charge in [0, 0.05) is 25.2 Å². The van der Waals surface area contributed by atoms with Crippen LogP contribution in [0.25, 0.3) is 0 Å². The van der Waals surface area contributed by atoms with Gasteiger partial charge in [0.1, 0.15) is 5.75 Å². The fourth-order valence-electron chi connectivity index (χ4n) is 4.35. The highest BCUT2D eigenvalue weighted by molar-refractivity contribution is 5.98. The first-order valence-corrected chi connectivity index (χ1v) is 9.96. The quantitative estimate of drug-likeness (QED) is 0.734. The Morgan fingerprint density at radius 1 is 1.04 bits per heavy atom. The van der Waals surface area contributed by atoms with Gasteiger partial charge in [0.25, 0.3) is 5.91 Å². The number of nitrogens with zero attached hydrogens (tertiary/aromatic N) is 2. The van der Waals surface area contributed by atoms with Crippen molar-refractivity contribution in [1.29, 1.82) is 0 Å². The van der Waals surface area contributed by atoms with E-state index in [1.807, 2.05) is 35.2 Å². The van der Waals surface area contributed by atoms with E-state index in [0.29, 0.717) is 5.92 Å². The lowest BCUT2D eigenvalue weighted by atomic mass is 9.96. The van der Waals surface area contributed by atoms with Crippen molar-refractivity contribution in [3.8, 4) is 5.75 Å². The molecule has 2 aromatic rings. The number of methoxy groups -OCH3 is 1. The zero-order valence-electron chi connectivity index (χ0n) is 16.5. The lowest BCUT2D eigenvalue weighted by Gasteiger charge is -2.34. The minimum atomic E-state index is 0. The van der Waals surface area contributed by atoms with Crippen LogP contribution in [0.5, 0.6) is 5.75 Å². The molecule has 28 heavy (non-hydrogen) atoms. The van der Waals surface area contributed by atoms with E-state index < -0.39 is 0 Å². The molecule has 1 amide bonds. The van der Waals surface area contributed by atoms with Gasteiger partial charge in [-0.25, -0.2) is 0 Å². The van der Waals surface area contributed by atoms with Crippen LogP contribution in [0.1, 0.15) is 34.3 Å². The van der Waals surface area contributed by atoms with Gasteiger partial charge >= 0.3 is 0 Å². The zero-order chi connectivity index (χ0) is 18.6. The molecule has 150 valence electrons. The van der Waals surface area contributed by atoms with Crippen molar-refractivity contribution in [2.24, 2.45) is 5.92 Å². The molecule has 0 bridgehead atoms. The van der Waals surface area contributed by atoms with Gasteiger partial charge in [-0.3, -0.25) is 4.79 Å². The van der Waals surface area contributed by atoms with Gasteiger partial charge in [-0.2, -0.15) is 0 Å². The number of ether oxygens (including phenoxy) is 1. The van der Waals surface area contributed by atoms with Gasteiger partial charge in [-0.15, -0.1) is 12.4 Å². The fraction of sp³-hybridized carbons (Fsp3) is 0.435. The highest BCUT2D eigenvalue weighted by atomic mass is 35.5. The Morgan fingerprint density at radius 2 is 1.75 bits per heavy atom. The Morgan fingerprint density at radius 3 is 2.50 bits per heavy atom. The van der Waals surface area contributed by atoms with Gasteiger partial charge in [0.2, 0.25) is 0 Å². The van der Waals surface area contributed by atoms with Gasteiger partial charge in [0.15, 0.2) is 0 Å². The third-order valence-corrected chi connectivity index (χ3v) is 5.97. The molecule has 0 saturated carbocycles. The van der Waals surface area contributed by atoms with Crippen molar-refractivity contribution >= 4 is 18.3 Å². The summed E-state index contributed by atoms with van der Waals surface area (Å²) in [5, 5.41) is 0. The van der Waals surface area contributed by atoms with Crippen LogP contribution in [0.15, 0.2) is 48.5 Å². The van der Waals surface area contributed by atoms with E-state index in [0.717, 1.165) is 50.5 Å². The summed E-state index contributed by atoms with van der Waals surface area (Å²) in [4.78, 5) is 17.1. The monoisotopic (exact) mass is 400 g/mol. The number of benzene rings is 2. The molecule has 2 aromatic carbocycles. The van der Waals surface area contributed by atoms with Crippen LogP contribution in [-0.2, 0) is 13.0 Å². The number of para-hydroxylation sites is 1. The number of likely N-dealkylation sites (tertiary alicyclic amines) is 1. The number of rotatable bonds is 6. The van der Waals surface area contributed by atoms with Gasteiger partial charge in [0.05, 0.1) is 7.11 Å². The Bertz CT molecular complexity index is 803. The van der Waals surface area contributed by atoms with E-state index in [-0.39, 0.29) is 18.3 Å². The van der Waals surface area contributed by atoms with E-state index in [2.05, 4.69) is 23.1 Å². The van der Waals surface area contributed by atoms with Crippen molar-refractivity contribution < 1.29 is 9.53 Å². The molecule has 2 aliphatic rings. The van der Waals surface area contributed by atoms with E-state index in [1.54, 1.807) is 7.11 Å². The van der Waals surface area contributed by atoms with Crippen molar-refractivity contribution in [3.05, 3.63) is 65.2 Å². The molecule has 0 spiro atoms. The first-order chi connectivity index (χ1) is 13.2. The summed E-state index contributed by atoms with van der Waals surface area (Å²) in [5.74, 6) is 1.81. The van der Waals surface area contributed by atoms with Crippen LogP contribution in [0.4, 0.5) is 0 Å². The maximum absolute atomic E-state index is 12.6. The number of hydrogen-bond donors (Lipinski definition) is 0. The average molecular weight is 401 g/mol. The Hall–Kier alpha value is -2.04. The standard InChI is InChI=1S/C23H28N2O2.ClH/c1-27-22-9-5-3-6-19(22)12-15-24-13-10-18(11-14-24)16-25-17-20-7-2-4-8-21(20)23(25)26;/h2-9,18H,10-17H2,1H3;1H. The smallest absolute Gasteiger partial charge is 0.254 e. The minimum Gasteiger partial charge on any atom is -0.496 e. The predicted octanol–water partition coefficient (Wildman–Crippen LogP) is 4.03. The molecule has 1 saturated heterocycles. The van der Waals surface area contributed by atoms with E-state index in [1.165, 1.54) is 24.0 Å². The Balaban J connectivity index is 0.00000225. The third-order valence-electron chi connectivity index (χ3n) is 5.97. The highest BCUT2D eigenvalue weighted by Gasteiger charge is 2.30. The van der Waals surface area contributed by atoms with Gasteiger partial charge in [-0.05, 0) is 61.5 Å². The number of carbonyl (C=O) groups excluding carboxylic acids is 1. The van der Waals surface area contributed by atoms with E-state index in [4.69, 9.17) is 4.74 Å². The molecule has 2 heterocycles. The second-order valence-electron chi connectivity index (χ2n) is 7.69. The molecule has 4 rings (SSSR count). The maximum Gasteiger partial charge on any atom is 0.254 e. The summed E-state index contributed by atoms with van der Waals surface area (Å²) >= 11 is 0. The molecule has 4 nitrogen and oxygen atoms in total. The maximum atomic E-state index is 12.6. The molecule has 0 aromatic heterocycles. The summed E-state index contributed by atoms with van der Waals surface area (Å²) in [6, 6.07) is 16.3. The fourth-order valence-corrected chi connectivity index (χ4v) is 4.35. The number of carbonyl (C=O) groups is 1. The predicted molar refractivity (Wildman–Crippen MR) is 114 cm³/mol. The Labute approximate surface area is 173 Å². The van der Waals surface area contributed by atoms with Crippen molar-refractivity contribution in [2.75, 3.05) is 33.3 Å². The molecule has 0 aliphatic carbocycles. The van der Waals surface area contributed by atoms with Crippen LogP contribution in [0, 0.1) is 5.92 Å². The summed E-state index contributed by atoms with van der Waals surface area (Å²) in [7, 11) is 1.74. The normalized spacial score (nSPS) is 17.3. The molecule has 0 unspecified atom stereocenters. The SMILES string of the molecule is COc1ccccc1CCN1CCC(CN2Cc3ccccc3C2=O)CC1.Cl. The molecule has 0 radical (unpaired) electrons. The molecule has 5 heteroatoms. The molecule has 0 atom stereocenters. The van der Waals surface area contributed by atoms with Crippen molar-refractivity contribution in [1.82, 2.24) is 9.80 Å². The largest absolute Gasteiger partial charge is 0.496 e. The number of amides is 1. The lowest BCUT2D eigenvalue weighted by molar-refractivity contribution is 0.0714. The first-order valence-electron chi connectivity index (χ1n) is 9.96. The second kappa shape index (κ2) is 9.44. The second-order valence-corrected chi connectivity index (χ2v) is 7.69. The summed E-state index contributed by atoms with van der Waals surface area (Å²) in [5.41, 5.74) is 3.35. The van der Waals surface area contributed by atoms with Gasteiger partial charge < -0.3 is 14.5 Å². The van der Waals surface area contributed by atoms with Crippen molar-refractivity contribution in [2.45, 2.75) is 25.8 Å². The van der Waals surface area contributed by atoms with E-state index >= 15 is 0 Å². The van der Waals surface area contributed by atoms with Crippen LogP contribution in [0.2, 0.25) is 0 Å². The number of halogens is 1. The molecule has 2 aliphatic heterocycles. The first kappa shape index (κ1) is 20.7. The van der Waals surface area contributed by atoms with Crippen molar-refractivity contribution in [3.63, 3.8) is 0 Å². The summed E-state index contributed by atoms with van der Waals surface area (Å²) in [6.45, 7) is 4.99. The third kappa shape index (κ3) is 4.50. The minimum absolute atomic E-state index is 0. The zero-order valence-corrected chi connectivity index (χ0v) is 17.3. The summed E-state index contributed by atoms with van der Waals surface area (Å²) < 4.78 is 5.46. The molecule has 0 N–H and O–H groups in total. The number of piperidine rings is 1. The van der Waals surface area contributed by atoms with Crippen LogP contribution >= 0.6 is 12.4 Å². The van der Waals surface area contributed by atoms with Crippen LogP contribution in [0.3, 0.4) is 0 Å². The Kier molecular flexibility index (Phi) is 6.97. The van der Waals surface area contributed by atoms with Gasteiger partial charge in [-0.1, -0.05) is 36.4 Å². The topological polar surface area (TPSA) is 32.8 Å². The number of hydrogen-bond acceptors (Lipinski definition) is 3. The van der Waals surface area contributed by atoms with Crippen LogP contribution in [-0.4, -0.2) is 49.0 Å². The lowest BCUT2D eigenvalue weighted by Crippen LogP contribution is -2.39. The molecular formula is C23H29ClN2O2. The van der Waals surface area contributed by atoms with Crippen LogP contribution < -0.4 is 4.74 Å².